The third-order valence-electron chi connectivity index (χ3n) is 3.94. The molecule has 1 saturated heterocycles. The fourth-order valence-corrected chi connectivity index (χ4v) is 3.84. The summed E-state index contributed by atoms with van der Waals surface area (Å²) in [6.45, 7) is 5.30. The van der Waals surface area contributed by atoms with E-state index in [1.807, 2.05) is 0 Å². The van der Waals surface area contributed by atoms with Gasteiger partial charge in [-0.1, -0.05) is 36.5 Å². The van der Waals surface area contributed by atoms with E-state index in [0.717, 1.165) is 0 Å². The van der Waals surface area contributed by atoms with Crippen LogP contribution in [0.1, 0.15) is 24.9 Å². The van der Waals surface area contributed by atoms with Crippen LogP contribution in [0, 0.1) is 5.82 Å². The Morgan fingerprint density at radius 2 is 2.20 bits per heavy atom. The zero-order valence-corrected chi connectivity index (χ0v) is 14.5. The monoisotopic (exact) mass is 360 g/mol. The van der Waals surface area contributed by atoms with Gasteiger partial charge >= 0.3 is 5.97 Å². The minimum absolute atomic E-state index is 0.0605. The van der Waals surface area contributed by atoms with Crippen molar-refractivity contribution in [1.82, 2.24) is 4.90 Å². The van der Waals surface area contributed by atoms with E-state index in [9.17, 15) is 14.0 Å². The molecule has 0 N–H and O–H groups in total. The van der Waals surface area contributed by atoms with E-state index in [1.54, 1.807) is 19.1 Å². The van der Waals surface area contributed by atoms with Crippen LogP contribution in [0.3, 0.4) is 0 Å². The summed E-state index contributed by atoms with van der Waals surface area (Å²) in [7, 11) is 0. The van der Waals surface area contributed by atoms with Gasteiger partial charge in [0.2, 0.25) is 5.91 Å². The summed E-state index contributed by atoms with van der Waals surface area (Å²) in [4.78, 5) is 31.1. The van der Waals surface area contributed by atoms with Crippen LogP contribution in [0.25, 0.3) is 0 Å². The maximum absolute atomic E-state index is 13.3. The molecule has 1 aromatic rings. The Hall–Kier alpha value is -2.41. The lowest BCUT2D eigenvalue weighted by Crippen LogP contribution is -2.45. The molecule has 0 spiro atoms. The molecule has 5 nitrogen and oxygen atoms in total. The second kappa shape index (κ2) is 7.23. The highest BCUT2D eigenvalue weighted by Crippen LogP contribution is 2.40. The Bertz CT molecular complexity index is 786. The standard InChI is InChI=1S/C18H17FN2O3S/c1-3-9-24-17(23)15-11(2)20-18-21(14(22)8-10-25-18)16(15)12-4-6-13(19)7-5-12/h3-7,16H,1,8-10H2,2H3. The quantitative estimate of drug-likeness (QED) is 0.611. The average Bonchev–Trinajstić information content (AvgIpc) is 2.59. The second-order valence-corrected chi connectivity index (χ2v) is 6.66. The zero-order valence-electron chi connectivity index (χ0n) is 13.7. The number of halogens is 1. The number of allylic oxidation sites excluding steroid dienone is 1. The number of amidine groups is 1. The molecule has 2 aliphatic rings. The van der Waals surface area contributed by atoms with Gasteiger partial charge in [0, 0.05) is 12.2 Å². The number of hydrogen-bond acceptors (Lipinski definition) is 5. The van der Waals surface area contributed by atoms with E-state index in [4.69, 9.17) is 4.74 Å². The van der Waals surface area contributed by atoms with Crippen LogP contribution in [0.4, 0.5) is 4.39 Å². The largest absolute Gasteiger partial charge is 0.458 e. The zero-order chi connectivity index (χ0) is 18.0. The Morgan fingerprint density at radius 1 is 1.48 bits per heavy atom. The van der Waals surface area contributed by atoms with Crippen LogP contribution in [0.2, 0.25) is 0 Å². The molecule has 1 fully saturated rings. The predicted octanol–water partition coefficient (Wildman–Crippen LogP) is 3.21. The van der Waals surface area contributed by atoms with Gasteiger partial charge < -0.3 is 4.74 Å². The second-order valence-electron chi connectivity index (χ2n) is 5.60. The highest BCUT2D eigenvalue weighted by molar-refractivity contribution is 8.14. The van der Waals surface area contributed by atoms with E-state index in [1.165, 1.54) is 34.9 Å². The minimum Gasteiger partial charge on any atom is -0.458 e. The van der Waals surface area contributed by atoms with Crippen molar-refractivity contribution in [3.05, 3.63) is 59.6 Å². The fraction of sp³-hybridized carbons (Fsp3) is 0.278. The number of fused-ring (bicyclic) bond motifs is 1. The number of carbonyl (C=O) groups excluding carboxylic acids is 2. The summed E-state index contributed by atoms with van der Waals surface area (Å²) in [5.41, 5.74) is 1.42. The van der Waals surface area contributed by atoms with E-state index in [2.05, 4.69) is 11.6 Å². The lowest BCUT2D eigenvalue weighted by atomic mass is 9.94. The van der Waals surface area contributed by atoms with Crippen molar-refractivity contribution in [2.75, 3.05) is 12.4 Å². The van der Waals surface area contributed by atoms with Crippen LogP contribution in [-0.2, 0) is 14.3 Å². The average molecular weight is 360 g/mol. The number of rotatable bonds is 4. The first-order chi connectivity index (χ1) is 12.0. The first-order valence-electron chi connectivity index (χ1n) is 7.80. The van der Waals surface area contributed by atoms with Crippen LogP contribution >= 0.6 is 11.8 Å². The van der Waals surface area contributed by atoms with Gasteiger partial charge in [-0.15, -0.1) is 0 Å². The maximum Gasteiger partial charge on any atom is 0.338 e. The van der Waals surface area contributed by atoms with Crippen molar-refractivity contribution in [2.45, 2.75) is 19.4 Å². The summed E-state index contributed by atoms with van der Waals surface area (Å²) in [5, 5.41) is 0.559. The summed E-state index contributed by atoms with van der Waals surface area (Å²) in [5.74, 6) is -0.413. The Labute approximate surface area is 149 Å². The SMILES string of the molecule is C=CCOC(=O)C1=C(C)N=C2SCCC(=O)N2C1c1ccc(F)cc1. The topological polar surface area (TPSA) is 59.0 Å². The number of nitrogens with zero attached hydrogens (tertiary/aromatic N) is 2. The molecule has 0 bridgehead atoms. The predicted molar refractivity (Wildman–Crippen MR) is 94.4 cm³/mol. The van der Waals surface area contributed by atoms with E-state index >= 15 is 0 Å². The summed E-state index contributed by atoms with van der Waals surface area (Å²) in [6, 6.07) is 5.09. The summed E-state index contributed by atoms with van der Waals surface area (Å²) >= 11 is 1.47. The molecule has 1 amide bonds. The highest BCUT2D eigenvalue weighted by atomic mass is 32.2. The Kier molecular flexibility index (Phi) is 5.03. The molecule has 0 aromatic heterocycles. The van der Waals surface area contributed by atoms with Gasteiger partial charge in [0.25, 0.3) is 0 Å². The van der Waals surface area contributed by atoms with Crippen molar-refractivity contribution >= 4 is 28.8 Å². The molecule has 1 atom stereocenters. The number of benzene rings is 1. The molecule has 2 aliphatic heterocycles. The maximum atomic E-state index is 13.3. The first kappa shape index (κ1) is 17.4. The van der Waals surface area contributed by atoms with E-state index in [-0.39, 0.29) is 23.9 Å². The van der Waals surface area contributed by atoms with Gasteiger partial charge in [-0.25, -0.2) is 14.2 Å². The van der Waals surface area contributed by atoms with Gasteiger partial charge in [-0.2, -0.15) is 0 Å². The molecule has 0 radical (unpaired) electrons. The van der Waals surface area contributed by atoms with Gasteiger partial charge in [0.05, 0.1) is 17.3 Å². The fourth-order valence-electron chi connectivity index (χ4n) is 2.83. The van der Waals surface area contributed by atoms with E-state index < -0.39 is 12.0 Å². The Balaban J connectivity index is 2.11. The molecule has 25 heavy (non-hydrogen) atoms. The number of hydrogen-bond donors (Lipinski definition) is 0. The molecule has 2 heterocycles. The van der Waals surface area contributed by atoms with Gasteiger partial charge in [-0.05, 0) is 24.6 Å². The van der Waals surface area contributed by atoms with Crippen LogP contribution in [0.5, 0.6) is 0 Å². The van der Waals surface area contributed by atoms with Crippen molar-refractivity contribution < 1.29 is 18.7 Å². The molecule has 0 saturated carbocycles. The highest BCUT2D eigenvalue weighted by Gasteiger charge is 2.41. The summed E-state index contributed by atoms with van der Waals surface area (Å²) < 4.78 is 18.5. The van der Waals surface area contributed by atoms with E-state index in [0.29, 0.717) is 28.6 Å². The van der Waals surface area contributed by atoms with Crippen LogP contribution in [-0.4, -0.2) is 34.3 Å². The lowest BCUT2D eigenvalue weighted by molar-refractivity contribution is -0.139. The smallest absolute Gasteiger partial charge is 0.338 e. The third kappa shape index (κ3) is 3.37. The van der Waals surface area contributed by atoms with Gasteiger partial charge in [-0.3, -0.25) is 9.69 Å². The lowest BCUT2D eigenvalue weighted by Gasteiger charge is -2.38. The number of thioether (sulfide) groups is 1. The van der Waals surface area contributed by atoms with Crippen molar-refractivity contribution in [3.8, 4) is 0 Å². The molecule has 7 heteroatoms. The molecule has 130 valence electrons. The molecular weight excluding hydrogens is 343 g/mol. The number of amides is 1. The minimum atomic E-state index is -0.675. The molecule has 0 aliphatic carbocycles. The number of aliphatic imine (C=N–C) groups is 1. The van der Waals surface area contributed by atoms with Crippen LogP contribution in [0.15, 0.2) is 53.2 Å². The van der Waals surface area contributed by atoms with Crippen LogP contribution < -0.4 is 0 Å². The molecular formula is C18H17FN2O3S. The molecule has 1 aromatic carbocycles. The Morgan fingerprint density at radius 3 is 2.88 bits per heavy atom. The molecule has 1 unspecified atom stereocenters. The van der Waals surface area contributed by atoms with Crippen molar-refractivity contribution in [2.24, 2.45) is 4.99 Å². The normalized spacial score (nSPS) is 20.1. The van der Waals surface area contributed by atoms with Crippen molar-refractivity contribution in [3.63, 3.8) is 0 Å². The first-order valence-corrected chi connectivity index (χ1v) is 8.79. The number of esters is 1. The number of ether oxygens (including phenoxy) is 1. The van der Waals surface area contributed by atoms with Gasteiger partial charge in [0.15, 0.2) is 5.17 Å². The number of carbonyl (C=O) groups is 2. The van der Waals surface area contributed by atoms with Crippen molar-refractivity contribution in [1.29, 1.82) is 0 Å². The summed E-state index contributed by atoms with van der Waals surface area (Å²) in [6.07, 6.45) is 1.83. The van der Waals surface area contributed by atoms with Gasteiger partial charge in [0.1, 0.15) is 12.4 Å². The molecule has 3 rings (SSSR count). The third-order valence-corrected chi connectivity index (χ3v) is 4.90.